The van der Waals surface area contributed by atoms with Crippen LogP contribution in [0.15, 0.2) is 48.0 Å². The van der Waals surface area contributed by atoms with Gasteiger partial charge >= 0.3 is 6.18 Å². The topological polar surface area (TPSA) is 72.2 Å². The minimum Gasteiger partial charge on any atom is -0.296 e. The molecule has 0 radical (unpaired) electrons. The number of thiazole rings is 1. The Morgan fingerprint density at radius 1 is 1.18 bits per heavy atom. The van der Waals surface area contributed by atoms with Crippen molar-refractivity contribution >= 4 is 28.0 Å². The van der Waals surface area contributed by atoms with E-state index in [2.05, 4.69) is 20.4 Å². The maximum Gasteiger partial charge on any atom is 0.417 e. The molecule has 0 unspecified atom stereocenters. The minimum atomic E-state index is -4.52. The van der Waals surface area contributed by atoms with Crippen LogP contribution < -0.4 is 5.32 Å². The van der Waals surface area contributed by atoms with Gasteiger partial charge in [-0.3, -0.25) is 10.1 Å². The second-order valence-corrected chi connectivity index (χ2v) is 6.78. The number of anilines is 1. The number of hydrogen-bond acceptors (Lipinski definition) is 5. The standard InChI is InChI=1S/C18H12F3N5OS/c1-10-9-28-17(23-10)24-16(27)14-8-22-15-7-6-13(25-26(14)15)11-4-2-3-5-12(11)18(19,20)21/h2-9H,1H3,(H,23,24,27). The van der Waals surface area contributed by atoms with Gasteiger partial charge in [-0.15, -0.1) is 11.3 Å². The number of aromatic nitrogens is 4. The van der Waals surface area contributed by atoms with Crippen molar-refractivity contribution < 1.29 is 18.0 Å². The highest BCUT2D eigenvalue weighted by molar-refractivity contribution is 7.13. The van der Waals surface area contributed by atoms with Gasteiger partial charge in [-0.25, -0.2) is 14.5 Å². The van der Waals surface area contributed by atoms with E-state index in [0.717, 1.165) is 11.8 Å². The molecule has 10 heteroatoms. The maximum absolute atomic E-state index is 13.3. The lowest BCUT2D eigenvalue weighted by atomic mass is 10.0. The number of hydrogen-bond donors (Lipinski definition) is 1. The lowest BCUT2D eigenvalue weighted by Gasteiger charge is -2.12. The van der Waals surface area contributed by atoms with Crippen molar-refractivity contribution in [3.8, 4) is 11.3 Å². The van der Waals surface area contributed by atoms with Gasteiger partial charge in [0.2, 0.25) is 0 Å². The van der Waals surface area contributed by atoms with E-state index in [9.17, 15) is 18.0 Å². The number of benzene rings is 1. The molecule has 4 rings (SSSR count). The largest absolute Gasteiger partial charge is 0.417 e. The van der Waals surface area contributed by atoms with Crippen LogP contribution in [0.3, 0.4) is 0 Å². The van der Waals surface area contributed by atoms with Gasteiger partial charge in [-0.2, -0.15) is 18.3 Å². The lowest BCUT2D eigenvalue weighted by Crippen LogP contribution is -2.15. The van der Waals surface area contributed by atoms with Crippen molar-refractivity contribution in [1.82, 2.24) is 19.6 Å². The van der Waals surface area contributed by atoms with E-state index in [0.29, 0.717) is 10.8 Å². The normalized spacial score (nSPS) is 11.7. The molecule has 4 aromatic rings. The van der Waals surface area contributed by atoms with Crippen LogP contribution in [0.25, 0.3) is 16.9 Å². The van der Waals surface area contributed by atoms with Crippen LogP contribution in [0.1, 0.15) is 21.7 Å². The number of rotatable bonds is 3. The SMILES string of the molecule is Cc1csc(NC(=O)c2cnc3ccc(-c4ccccc4C(F)(F)F)nn23)n1. The summed E-state index contributed by atoms with van der Waals surface area (Å²) in [6, 6.07) is 8.11. The molecule has 0 aliphatic carbocycles. The number of nitrogens with zero attached hydrogens (tertiary/aromatic N) is 4. The summed E-state index contributed by atoms with van der Waals surface area (Å²) in [5.41, 5.74) is 0.404. The fourth-order valence-corrected chi connectivity index (χ4v) is 3.38. The summed E-state index contributed by atoms with van der Waals surface area (Å²) in [5.74, 6) is -0.504. The third-order valence-electron chi connectivity index (χ3n) is 3.94. The summed E-state index contributed by atoms with van der Waals surface area (Å²) in [6.07, 6.45) is -3.21. The Bertz CT molecular complexity index is 1180. The van der Waals surface area contributed by atoms with Crippen molar-refractivity contribution in [1.29, 1.82) is 0 Å². The molecule has 0 fully saturated rings. The van der Waals surface area contributed by atoms with E-state index in [1.807, 2.05) is 0 Å². The number of alkyl halides is 3. The van der Waals surface area contributed by atoms with Gasteiger partial charge in [0.1, 0.15) is 0 Å². The molecule has 0 bridgehead atoms. The third kappa shape index (κ3) is 3.33. The Balaban J connectivity index is 1.76. The monoisotopic (exact) mass is 403 g/mol. The zero-order valence-corrected chi connectivity index (χ0v) is 15.2. The molecular formula is C18H12F3N5OS. The van der Waals surface area contributed by atoms with Crippen LogP contribution in [-0.2, 0) is 6.18 Å². The van der Waals surface area contributed by atoms with Crippen LogP contribution in [-0.4, -0.2) is 25.5 Å². The highest BCUT2D eigenvalue weighted by Crippen LogP contribution is 2.36. The fraction of sp³-hybridized carbons (Fsp3) is 0.111. The Morgan fingerprint density at radius 2 is 1.96 bits per heavy atom. The molecule has 0 saturated carbocycles. The van der Waals surface area contributed by atoms with Crippen molar-refractivity contribution in [3.63, 3.8) is 0 Å². The number of halogens is 3. The van der Waals surface area contributed by atoms with Crippen molar-refractivity contribution in [2.75, 3.05) is 5.32 Å². The van der Waals surface area contributed by atoms with Crippen molar-refractivity contribution in [2.24, 2.45) is 0 Å². The number of carbonyl (C=O) groups is 1. The molecule has 0 saturated heterocycles. The van der Waals surface area contributed by atoms with E-state index in [1.54, 1.807) is 12.3 Å². The second-order valence-electron chi connectivity index (χ2n) is 5.92. The number of carbonyl (C=O) groups excluding carboxylic acids is 1. The smallest absolute Gasteiger partial charge is 0.296 e. The van der Waals surface area contributed by atoms with Gasteiger partial charge in [-0.1, -0.05) is 18.2 Å². The first-order chi connectivity index (χ1) is 13.3. The molecule has 0 atom stereocenters. The van der Waals surface area contributed by atoms with Crippen LogP contribution in [0.4, 0.5) is 18.3 Å². The highest BCUT2D eigenvalue weighted by Gasteiger charge is 2.33. The van der Waals surface area contributed by atoms with Crippen LogP contribution in [0, 0.1) is 6.92 Å². The van der Waals surface area contributed by atoms with Gasteiger partial charge in [0.05, 0.1) is 23.1 Å². The Hall–Kier alpha value is -3.27. The molecule has 0 aliphatic heterocycles. The van der Waals surface area contributed by atoms with Crippen LogP contribution >= 0.6 is 11.3 Å². The molecule has 0 aliphatic rings. The fourth-order valence-electron chi connectivity index (χ4n) is 2.70. The predicted octanol–water partition coefficient (Wildman–Crippen LogP) is 4.43. The molecule has 3 heterocycles. The average Bonchev–Trinajstić information content (AvgIpc) is 3.26. The number of imidazole rings is 1. The predicted molar refractivity (Wildman–Crippen MR) is 98.2 cm³/mol. The second kappa shape index (κ2) is 6.71. The van der Waals surface area contributed by atoms with E-state index >= 15 is 0 Å². The number of nitrogens with one attached hydrogen (secondary N) is 1. The first kappa shape index (κ1) is 18.1. The van der Waals surface area contributed by atoms with E-state index in [4.69, 9.17) is 0 Å². The summed E-state index contributed by atoms with van der Waals surface area (Å²) in [5, 5.41) is 9.06. The van der Waals surface area contributed by atoms with Crippen LogP contribution in [0.5, 0.6) is 0 Å². The summed E-state index contributed by atoms with van der Waals surface area (Å²) in [6.45, 7) is 1.80. The molecule has 1 aromatic carbocycles. The van der Waals surface area contributed by atoms with Gasteiger partial charge in [0.25, 0.3) is 5.91 Å². The summed E-state index contributed by atoms with van der Waals surface area (Å²) >= 11 is 1.27. The minimum absolute atomic E-state index is 0.0764. The molecule has 142 valence electrons. The molecule has 0 spiro atoms. The van der Waals surface area contributed by atoms with Gasteiger partial charge < -0.3 is 0 Å². The summed E-state index contributed by atoms with van der Waals surface area (Å²) < 4.78 is 41.2. The zero-order valence-electron chi connectivity index (χ0n) is 14.4. The first-order valence-electron chi connectivity index (χ1n) is 8.08. The Kier molecular flexibility index (Phi) is 4.34. The van der Waals surface area contributed by atoms with Crippen molar-refractivity contribution in [3.05, 3.63) is 64.9 Å². The molecule has 1 amide bonds. The molecule has 6 nitrogen and oxygen atoms in total. The van der Waals surface area contributed by atoms with Crippen LogP contribution in [0.2, 0.25) is 0 Å². The summed E-state index contributed by atoms with van der Waals surface area (Å²) in [4.78, 5) is 20.8. The Morgan fingerprint density at radius 3 is 2.68 bits per heavy atom. The number of fused-ring (bicyclic) bond motifs is 1. The highest BCUT2D eigenvalue weighted by atomic mass is 32.1. The Labute approximate surface area is 160 Å². The molecule has 3 aromatic heterocycles. The number of amides is 1. The first-order valence-corrected chi connectivity index (χ1v) is 8.96. The third-order valence-corrected chi connectivity index (χ3v) is 4.82. The quantitative estimate of drug-likeness (QED) is 0.549. The molecule has 1 N–H and O–H groups in total. The molecular weight excluding hydrogens is 391 g/mol. The van der Waals surface area contributed by atoms with Gasteiger partial charge in [-0.05, 0) is 25.1 Å². The lowest BCUT2D eigenvalue weighted by molar-refractivity contribution is -0.137. The summed E-state index contributed by atoms with van der Waals surface area (Å²) in [7, 11) is 0. The maximum atomic E-state index is 13.3. The van der Waals surface area contributed by atoms with E-state index < -0.39 is 17.6 Å². The van der Waals surface area contributed by atoms with Gasteiger partial charge in [0, 0.05) is 10.9 Å². The number of aryl methyl sites for hydroxylation is 1. The zero-order chi connectivity index (χ0) is 19.9. The molecule has 28 heavy (non-hydrogen) atoms. The average molecular weight is 403 g/mol. The van der Waals surface area contributed by atoms with Gasteiger partial charge in [0.15, 0.2) is 16.5 Å². The van der Waals surface area contributed by atoms with E-state index in [-0.39, 0.29) is 17.0 Å². The van der Waals surface area contributed by atoms with Crippen molar-refractivity contribution in [2.45, 2.75) is 13.1 Å². The van der Waals surface area contributed by atoms with E-state index in [1.165, 1.54) is 52.4 Å².